The van der Waals surface area contributed by atoms with Crippen molar-refractivity contribution >= 4 is 22.5 Å². The van der Waals surface area contributed by atoms with Gasteiger partial charge < -0.3 is 9.88 Å². The lowest BCUT2D eigenvalue weighted by atomic mass is 10.0. The highest BCUT2D eigenvalue weighted by Crippen LogP contribution is 2.37. The number of aromatic nitrogens is 5. The van der Waals surface area contributed by atoms with Crippen LogP contribution in [0.4, 0.5) is 23.4 Å². The Morgan fingerprint density at radius 1 is 0.939 bits per heavy atom. The number of aromatic amines is 1. The number of fused-ring (bicyclic) bond motifs is 2. The van der Waals surface area contributed by atoms with Crippen LogP contribution < -0.4 is 4.90 Å². The van der Waals surface area contributed by atoms with Crippen molar-refractivity contribution in [3.8, 4) is 11.4 Å². The van der Waals surface area contributed by atoms with Crippen molar-refractivity contribution in [3.05, 3.63) is 77.6 Å². The molecule has 0 aliphatic carbocycles. The van der Waals surface area contributed by atoms with E-state index in [4.69, 9.17) is 4.98 Å². The van der Waals surface area contributed by atoms with E-state index in [1.54, 1.807) is 23.0 Å². The number of hydrogen-bond donors (Lipinski definition) is 1. The van der Waals surface area contributed by atoms with Gasteiger partial charge in [-0.3, -0.25) is 0 Å². The lowest BCUT2D eigenvalue weighted by molar-refractivity contribution is 0.510. The van der Waals surface area contributed by atoms with E-state index in [0.29, 0.717) is 46.9 Å². The zero-order valence-corrected chi connectivity index (χ0v) is 17.1. The predicted octanol–water partition coefficient (Wildman–Crippen LogP) is 5.17. The smallest absolute Gasteiger partial charge is 0.168 e. The minimum atomic E-state index is -0.981. The molecule has 6 rings (SSSR count). The first-order valence-corrected chi connectivity index (χ1v) is 10.4. The molecule has 33 heavy (non-hydrogen) atoms. The van der Waals surface area contributed by atoms with Crippen LogP contribution in [-0.4, -0.2) is 31.1 Å². The maximum atomic E-state index is 14.5. The van der Waals surface area contributed by atoms with Crippen LogP contribution >= 0.6 is 0 Å². The Hall–Kier alpha value is -3.95. The van der Waals surface area contributed by atoms with Crippen molar-refractivity contribution in [1.29, 1.82) is 0 Å². The van der Waals surface area contributed by atoms with Gasteiger partial charge in [0.25, 0.3) is 0 Å². The van der Waals surface area contributed by atoms with E-state index in [1.165, 1.54) is 6.07 Å². The van der Waals surface area contributed by atoms with Gasteiger partial charge in [-0.2, -0.15) is 5.10 Å². The summed E-state index contributed by atoms with van der Waals surface area (Å²) in [4.78, 5) is 14.0. The topological polar surface area (TPSA) is 62.1 Å². The summed E-state index contributed by atoms with van der Waals surface area (Å²) < 4.78 is 57.0. The van der Waals surface area contributed by atoms with E-state index in [-0.39, 0.29) is 11.6 Å². The molecule has 4 heterocycles. The lowest BCUT2D eigenvalue weighted by Crippen LogP contribution is -2.24. The Kier molecular flexibility index (Phi) is 4.36. The number of nitrogens with zero attached hydrogens (tertiary/aromatic N) is 5. The van der Waals surface area contributed by atoms with Crippen molar-refractivity contribution in [2.45, 2.75) is 18.9 Å². The third-order valence-corrected chi connectivity index (χ3v) is 6.00. The highest BCUT2D eigenvalue weighted by molar-refractivity contribution is 5.83. The average molecular weight is 452 g/mol. The molecule has 1 N–H and O–H groups in total. The second kappa shape index (κ2) is 7.29. The average Bonchev–Trinajstić information content (AvgIpc) is 3.53. The van der Waals surface area contributed by atoms with E-state index in [1.807, 2.05) is 4.90 Å². The number of imidazole rings is 1. The number of halogens is 4. The fourth-order valence-electron chi connectivity index (χ4n) is 4.45. The Morgan fingerprint density at radius 3 is 2.67 bits per heavy atom. The van der Waals surface area contributed by atoms with Crippen molar-refractivity contribution in [1.82, 2.24) is 24.6 Å². The van der Waals surface area contributed by atoms with Crippen molar-refractivity contribution < 1.29 is 17.6 Å². The van der Waals surface area contributed by atoms with Gasteiger partial charge in [0.15, 0.2) is 17.3 Å². The molecule has 166 valence electrons. The molecule has 0 unspecified atom stereocenters. The van der Waals surface area contributed by atoms with Crippen LogP contribution in [0, 0.1) is 23.3 Å². The highest BCUT2D eigenvalue weighted by Gasteiger charge is 2.30. The van der Waals surface area contributed by atoms with Gasteiger partial charge in [-0.1, -0.05) is 0 Å². The van der Waals surface area contributed by atoms with E-state index < -0.39 is 23.3 Å². The first-order chi connectivity index (χ1) is 16.0. The van der Waals surface area contributed by atoms with Crippen LogP contribution in [0.3, 0.4) is 0 Å². The van der Waals surface area contributed by atoms with Gasteiger partial charge >= 0.3 is 0 Å². The minimum Gasteiger partial charge on any atom is -0.349 e. The van der Waals surface area contributed by atoms with E-state index >= 15 is 0 Å². The second-order valence-corrected chi connectivity index (χ2v) is 8.00. The van der Waals surface area contributed by atoms with E-state index in [0.717, 1.165) is 30.7 Å². The maximum absolute atomic E-state index is 14.5. The number of H-pyrrole nitrogens is 1. The minimum absolute atomic E-state index is 0.278. The standard InChI is InChI=1S/C23H16F4N6/c24-12-3-4-15(25)13(8-12)20-2-1-6-32(20)21-5-7-33-23(31-21)14(11-28-33)22-29-18-9-16(26)17(27)10-19(18)30-22/h3-5,7-11,20H,1-2,6H2,(H,29,30)/t20-/m1/s1. The molecule has 0 spiro atoms. The lowest BCUT2D eigenvalue weighted by Gasteiger charge is -2.26. The van der Waals surface area contributed by atoms with Gasteiger partial charge in [0.2, 0.25) is 0 Å². The molecule has 1 saturated heterocycles. The van der Waals surface area contributed by atoms with Crippen LogP contribution in [0.15, 0.2) is 48.8 Å². The fourth-order valence-corrected chi connectivity index (χ4v) is 4.45. The van der Waals surface area contributed by atoms with Crippen molar-refractivity contribution in [2.24, 2.45) is 0 Å². The molecule has 0 saturated carbocycles. The Labute approximate surface area is 184 Å². The summed E-state index contributed by atoms with van der Waals surface area (Å²) >= 11 is 0. The first kappa shape index (κ1) is 19.7. The quantitative estimate of drug-likeness (QED) is 0.384. The fraction of sp³-hybridized carbons (Fsp3) is 0.174. The van der Waals surface area contributed by atoms with Crippen LogP contribution in [-0.2, 0) is 0 Å². The number of benzene rings is 2. The summed E-state index contributed by atoms with van der Waals surface area (Å²) in [7, 11) is 0. The molecule has 3 aromatic heterocycles. The SMILES string of the molecule is Fc1ccc(F)c([C@H]2CCCN2c2ccn3ncc(-c4nc5cc(F)c(F)cc5[nH]4)c3n2)c1. The molecule has 1 fully saturated rings. The largest absolute Gasteiger partial charge is 0.349 e. The molecule has 1 atom stereocenters. The molecule has 6 nitrogen and oxygen atoms in total. The summed E-state index contributed by atoms with van der Waals surface area (Å²) in [5, 5.41) is 4.29. The molecule has 1 aliphatic rings. The van der Waals surface area contributed by atoms with Gasteiger partial charge in [0.1, 0.15) is 23.3 Å². The number of nitrogens with one attached hydrogen (secondary N) is 1. The molecular weight excluding hydrogens is 436 g/mol. The third kappa shape index (κ3) is 3.21. The maximum Gasteiger partial charge on any atom is 0.168 e. The Bertz CT molecular complexity index is 1490. The first-order valence-electron chi connectivity index (χ1n) is 10.4. The third-order valence-electron chi connectivity index (χ3n) is 6.00. The Morgan fingerprint density at radius 2 is 1.79 bits per heavy atom. The zero-order valence-electron chi connectivity index (χ0n) is 17.1. The van der Waals surface area contributed by atoms with Gasteiger partial charge in [-0.05, 0) is 37.1 Å². The van der Waals surface area contributed by atoms with Crippen molar-refractivity contribution in [3.63, 3.8) is 0 Å². The van der Waals surface area contributed by atoms with Crippen LogP contribution in [0.2, 0.25) is 0 Å². The Balaban J connectivity index is 1.43. The molecule has 10 heteroatoms. The van der Waals surface area contributed by atoms with Gasteiger partial charge in [0.05, 0.1) is 28.8 Å². The second-order valence-electron chi connectivity index (χ2n) is 8.00. The predicted molar refractivity (Wildman–Crippen MR) is 114 cm³/mol. The normalized spacial score (nSPS) is 16.4. The van der Waals surface area contributed by atoms with Crippen LogP contribution in [0.5, 0.6) is 0 Å². The summed E-state index contributed by atoms with van der Waals surface area (Å²) in [6, 6.07) is 6.97. The number of anilines is 1. The molecule has 5 aromatic rings. The highest BCUT2D eigenvalue weighted by atomic mass is 19.2. The van der Waals surface area contributed by atoms with Gasteiger partial charge in [-0.25, -0.2) is 32.0 Å². The number of hydrogen-bond acceptors (Lipinski definition) is 4. The van der Waals surface area contributed by atoms with E-state index in [2.05, 4.69) is 15.1 Å². The molecular formula is C23H16F4N6. The van der Waals surface area contributed by atoms with Gasteiger partial charge in [-0.15, -0.1) is 0 Å². The number of rotatable bonds is 3. The molecule has 0 amide bonds. The van der Waals surface area contributed by atoms with Crippen LogP contribution in [0.25, 0.3) is 28.1 Å². The van der Waals surface area contributed by atoms with Gasteiger partial charge in [0, 0.05) is 30.4 Å². The summed E-state index contributed by atoms with van der Waals surface area (Å²) in [6.07, 6.45) is 4.76. The molecule has 2 aromatic carbocycles. The summed E-state index contributed by atoms with van der Waals surface area (Å²) in [5.41, 5.74) is 1.94. The zero-order chi connectivity index (χ0) is 22.7. The summed E-state index contributed by atoms with van der Waals surface area (Å²) in [6.45, 7) is 0.635. The monoisotopic (exact) mass is 452 g/mol. The molecule has 1 aliphatic heterocycles. The molecule has 0 radical (unpaired) electrons. The van der Waals surface area contributed by atoms with Crippen molar-refractivity contribution in [2.75, 3.05) is 11.4 Å². The van der Waals surface area contributed by atoms with E-state index in [9.17, 15) is 17.6 Å². The summed E-state index contributed by atoms with van der Waals surface area (Å²) in [5.74, 6) is -1.95. The molecule has 0 bridgehead atoms. The van der Waals surface area contributed by atoms with Crippen LogP contribution in [0.1, 0.15) is 24.4 Å².